The van der Waals surface area contributed by atoms with Crippen LogP contribution in [0, 0.1) is 6.92 Å². The van der Waals surface area contributed by atoms with Crippen molar-refractivity contribution in [3.63, 3.8) is 0 Å². The van der Waals surface area contributed by atoms with Crippen LogP contribution in [0.15, 0.2) is 34.9 Å². The van der Waals surface area contributed by atoms with Crippen LogP contribution in [0.4, 0.5) is 0 Å². The Balaban J connectivity index is 2.01. The van der Waals surface area contributed by atoms with E-state index in [1.165, 1.54) is 16.8 Å². The largest absolute Gasteiger partial charge is 0.298 e. The molecule has 96 valence electrons. The summed E-state index contributed by atoms with van der Waals surface area (Å²) in [5.41, 5.74) is 3.83. The number of aromatic nitrogens is 2. The van der Waals surface area contributed by atoms with E-state index >= 15 is 0 Å². The number of hydrogen-bond acceptors (Lipinski definition) is 2. The zero-order valence-corrected chi connectivity index (χ0v) is 12.6. The van der Waals surface area contributed by atoms with Crippen molar-refractivity contribution >= 4 is 15.9 Å². The maximum Gasteiger partial charge on any atom is 0.0537 e. The Kier molecular flexibility index (Phi) is 4.19. The topological polar surface area (TPSA) is 21.1 Å². The highest BCUT2D eigenvalue weighted by Crippen LogP contribution is 2.15. The fourth-order valence-electron chi connectivity index (χ4n) is 1.99. The van der Waals surface area contributed by atoms with Gasteiger partial charge in [-0.25, -0.2) is 0 Å². The molecular weight excluding hydrogens is 290 g/mol. The first kappa shape index (κ1) is 13.3. The lowest BCUT2D eigenvalue weighted by Gasteiger charge is -2.16. The van der Waals surface area contributed by atoms with Gasteiger partial charge in [0.15, 0.2) is 0 Å². The molecule has 3 nitrogen and oxygen atoms in total. The van der Waals surface area contributed by atoms with Crippen molar-refractivity contribution in [2.24, 2.45) is 7.05 Å². The summed E-state index contributed by atoms with van der Waals surface area (Å²) in [6.07, 6.45) is 1.95. The smallest absolute Gasteiger partial charge is 0.0537 e. The Hall–Kier alpha value is -1.13. The molecule has 2 aromatic rings. The van der Waals surface area contributed by atoms with Crippen LogP contribution in [-0.2, 0) is 20.1 Å². The van der Waals surface area contributed by atoms with Crippen molar-refractivity contribution in [3.8, 4) is 0 Å². The number of halogens is 1. The fourth-order valence-corrected chi connectivity index (χ4v) is 2.44. The van der Waals surface area contributed by atoms with Crippen LogP contribution in [0.2, 0.25) is 0 Å². The summed E-state index contributed by atoms with van der Waals surface area (Å²) in [7, 11) is 4.11. The van der Waals surface area contributed by atoms with Crippen LogP contribution >= 0.6 is 15.9 Å². The van der Waals surface area contributed by atoms with Crippen molar-refractivity contribution in [2.75, 3.05) is 7.05 Å². The second-order valence-electron chi connectivity index (χ2n) is 4.68. The average Bonchev–Trinajstić information content (AvgIpc) is 2.61. The van der Waals surface area contributed by atoms with E-state index in [0.717, 1.165) is 17.6 Å². The van der Waals surface area contributed by atoms with E-state index in [1.54, 1.807) is 0 Å². The van der Waals surface area contributed by atoms with Crippen LogP contribution in [-0.4, -0.2) is 21.7 Å². The van der Waals surface area contributed by atoms with Crippen molar-refractivity contribution in [1.29, 1.82) is 0 Å². The minimum atomic E-state index is 0.923. The maximum atomic E-state index is 4.27. The second-order valence-corrected chi connectivity index (χ2v) is 5.60. The molecule has 1 aromatic carbocycles. The minimum Gasteiger partial charge on any atom is -0.298 e. The predicted molar refractivity (Wildman–Crippen MR) is 77.3 cm³/mol. The zero-order chi connectivity index (χ0) is 13.1. The normalized spacial score (nSPS) is 11.2. The van der Waals surface area contributed by atoms with E-state index in [-0.39, 0.29) is 0 Å². The van der Waals surface area contributed by atoms with Gasteiger partial charge in [-0.3, -0.25) is 9.58 Å². The molecule has 1 aromatic heterocycles. The van der Waals surface area contributed by atoms with Crippen LogP contribution in [0.25, 0.3) is 0 Å². The highest BCUT2D eigenvalue weighted by atomic mass is 79.9. The van der Waals surface area contributed by atoms with E-state index in [1.807, 2.05) is 17.9 Å². The molecule has 0 bridgehead atoms. The van der Waals surface area contributed by atoms with E-state index in [9.17, 15) is 0 Å². The van der Waals surface area contributed by atoms with E-state index in [0.29, 0.717) is 0 Å². The fraction of sp³-hybridized carbons (Fsp3) is 0.357. The van der Waals surface area contributed by atoms with Gasteiger partial charge in [-0.2, -0.15) is 5.10 Å². The third-order valence-corrected chi connectivity index (χ3v) is 3.61. The summed E-state index contributed by atoms with van der Waals surface area (Å²) in [5, 5.41) is 4.27. The second kappa shape index (κ2) is 5.67. The zero-order valence-electron chi connectivity index (χ0n) is 11.0. The quantitative estimate of drug-likeness (QED) is 0.865. The monoisotopic (exact) mass is 307 g/mol. The van der Waals surface area contributed by atoms with Crippen LogP contribution in [0.1, 0.15) is 16.8 Å². The first-order chi connectivity index (χ1) is 8.56. The maximum absolute atomic E-state index is 4.27. The van der Waals surface area contributed by atoms with Crippen molar-refractivity contribution in [2.45, 2.75) is 20.0 Å². The van der Waals surface area contributed by atoms with E-state index in [4.69, 9.17) is 0 Å². The summed E-state index contributed by atoms with van der Waals surface area (Å²) < 4.78 is 3.05. The third kappa shape index (κ3) is 3.21. The van der Waals surface area contributed by atoms with Crippen LogP contribution in [0.3, 0.4) is 0 Å². The highest BCUT2D eigenvalue weighted by molar-refractivity contribution is 9.10. The lowest BCUT2D eigenvalue weighted by Crippen LogP contribution is -2.17. The summed E-state index contributed by atoms with van der Waals surface area (Å²) in [6.45, 7) is 3.97. The molecular formula is C14H18BrN3. The van der Waals surface area contributed by atoms with Gasteiger partial charge >= 0.3 is 0 Å². The van der Waals surface area contributed by atoms with Crippen molar-refractivity contribution < 1.29 is 0 Å². The average molecular weight is 308 g/mol. The first-order valence-electron chi connectivity index (χ1n) is 5.96. The standard InChI is InChI=1S/C14H18BrN3/c1-11-13(8-16-18(11)3)10-17(2)9-12-5-4-6-14(15)7-12/h4-8H,9-10H2,1-3H3. The van der Waals surface area contributed by atoms with Gasteiger partial charge in [0.25, 0.3) is 0 Å². The number of rotatable bonds is 4. The molecule has 0 aliphatic heterocycles. The van der Waals surface area contributed by atoms with Gasteiger partial charge in [0.05, 0.1) is 6.20 Å². The number of benzene rings is 1. The van der Waals surface area contributed by atoms with Gasteiger partial charge in [0, 0.05) is 35.9 Å². The molecule has 0 N–H and O–H groups in total. The van der Waals surface area contributed by atoms with Crippen LogP contribution in [0.5, 0.6) is 0 Å². The highest BCUT2D eigenvalue weighted by Gasteiger charge is 2.07. The van der Waals surface area contributed by atoms with Gasteiger partial charge < -0.3 is 0 Å². The van der Waals surface area contributed by atoms with Crippen molar-refractivity contribution in [1.82, 2.24) is 14.7 Å². The van der Waals surface area contributed by atoms with Gasteiger partial charge in [-0.1, -0.05) is 28.1 Å². The van der Waals surface area contributed by atoms with Crippen LogP contribution < -0.4 is 0 Å². The molecule has 0 saturated carbocycles. The molecule has 4 heteroatoms. The first-order valence-corrected chi connectivity index (χ1v) is 6.76. The van der Waals surface area contributed by atoms with E-state index in [2.05, 4.69) is 64.2 Å². The Morgan fingerprint density at radius 3 is 2.72 bits per heavy atom. The summed E-state index contributed by atoms with van der Waals surface area (Å²) in [4.78, 5) is 2.30. The van der Waals surface area contributed by atoms with E-state index < -0.39 is 0 Å². The Morgan fingerprint density at radius 2 is 2.11 bits per heavy atom. The van der Waals surface area contributed by atoms with Gasteiger partial charge in [0.2, 0.25) is 0 Å². The molecule has 0 saturated heterocycles. The summed E-state index contributed by atoms with van der Waals surface area (Å²) >= 11 is 3.50. The Morgan fingerprint density at radius 1 is 1.33 bits per heavy atom. The molecule has 0 atom stereocenters. The molecule has 1 heterocycles. The molecule has 18 heavy (non-hydrogen) atoms. The van der Waals surface area contributed by atoms with Gasteiger partial charge in [-0.05, 0) is 31.7 Å². The molecule has 0 amide bonds. The number of aryl methyl sites for hydroxylation is 1. The number of nitrogens with zero attached hydrogens (tertiary/aromatic N) is 3. The SMILES string of the molecule is Cc1c(CN(C)Cc2cccc(Br)c2)cnn1C. The van der Waals surface area contributed by atoms with Crippen molar-refractivity contribution in [3.05, 3.63) is 51.8 Å². The molecule has 0 aliphatic carbocycles. The molecule has 0 radical (unpaired) electrons. The lowest BCUT2D eigenvalue weighted by molar-refractivity contribution is 0.318. The minimum absolute atomic E-state index is 0.923. The van der Waals surface area contributed by atoms with Gasteiger partial charge in [0.1, 0.15) is 0 Å². The summed E-state index contributed by atoms with van der Waals surface area (Å²) in [5.74, 6) is 0. The third-order valence-electron chi connectivity index (χ3n) is 3.12. The molecule has 0 spiro atoms. The Bertz CT molecular complexity index is 534. The predicted octanol–water partition coefficient (Wildman–Crippen LogP) is 3.12. The molecule has 2 rings (SSSR count). The number of hydrogen-bond donors (Lipinski definition) is 0. The molecule has 0 fully saturated rings. The molecule has 0 aliphatic rings. The summed E-state index contributed by atoms with van der Waals surface area (Å²) in [6, 6.07) is 8.43. The Labute approximate surface area is 117 Å². The molecule has 0 unspecified atom stereocenters. The van der Waals surface area contributed by atoms with Gasteiger partial charge in [-0.15, -0.1) is 0 Å². The lowest BCUT2D eigenvalue weighted by atomic mass is 10.2.